The Labute approximate surface area is 104 Å². The number of nitrogens with one attached hydrogen (secondary N) is 2. The van der Waals surface area contributed by atoms with E-state index in [9.17, 15) is 0 Å². The first kappa shape index (κ1) is 13.5. The van der Waals surface area contributed by atoms with Gasteiger partial charge in [0, 0.05) is 19.3 Å². The lowest BCUT2D eigenvalue weighted by atomic mass is 10.2. The summed E-state index contributed by atoms with van der Waals surface area (Å²) in [6, 6.07) is 6.02. The molecule has 0 aromatic carbocycles. The third kappa shape index (κ3) is 5.33. The Morgan fingerprint density at radius 3 is 2.71 bits per heavy atom. The van der Waals surface area contributed by atoms with Crippen LogP contribution in [0.5, 0.6) is 0 Å². The Hall–Kier alpha value is -1.58. The molecule has 2 N–H and O–H groups in total. The van der Waals surface area contributed by atoms with Crippen LogP contribution in [0, 0.1) is 12.8 Å². The molecule has 0 aliphatic heterocycles. The number of nitrogens with zero attached hydrogens (tertiary/aromatic N) is 2. The smallest absolute Gasteiger partial charge is 0.191 e. The number of rotatable bonds is 4. The second-order valence-electron chi connectivity index (χ2n) is 4.47. The van der Waals surface area contributed by atoms with Crippen molar-refractivity contribution in [2.45, 2.75) is 27.3 Å². The topological polar surface area (TPSA) is 49.3 Å². The van der Waals surface area contributed by atoms with E-state index >= 15 is 0 Å². The largest absolute Gasteiger partial charge is 0.356 e. The van der Waals surface area contributed by atoms with E-state index in [0.717, 1.165) is 23.9 Å². The third-order valence-corrected chi connectivity index (χ3v) is 2.28. The van der Waals surface area contributed by atoms with Gasteiger partial charge in [0.15, 0.2) is 5.96 Å². The van der Waals surface area contributed by atoms with Crippen LogP contribution in [0.15, 0.2) is 23.2 Å². The molecule has 0 fully saturated rings. The Morgan fingerprint density at radius 2 is 2.12 bits per heavy atom. The molecule has 1 heterocycles. The summed E-state index contributed by atoms with van der Waals surface area (Å²) in [4.78, 5) is 8.59. The fraction of sp³-hybridized carbons (Fsp3) is 0.538. The van der Waals surface area contributed by atoms with Crippen LogP contribution in [0.2, 0.25) is 0 Å². The number of aromatic nitrogens is 1. The van der Waals surface area contributed by atoms with Crippen molar-refractivity contribution in [2.24, 2.45) is 10.9 Å². The molecule has 0 radical (unpaired) electrons. The van der Waals surface area contributed by atoms with Gasteiger partial charge in [0.25, 0.3) is 0 Å². The van der Waals surface area contributed by atoms with E-state index in [2.05, 4.69) is 34.5 Å². The lowest BCUT2D eigenvalue weighted by molar-refractivity contribution is 0.614. The van der Waals surface area contributed by atoms with Gasteiger partial charge in [-0.1, -0.05) is 19.9 Å². The zero-order chi connectivity index (χ0) is 12.7. The first-order valence-electron chi connectivity index (χ1n) is 5.99. The minimum atomic E-state index is 0.602. The van der Waals surface area contributed by atoms with Gasteiger partial charge in [-0.05, 0) is 25.0 Å². The van der Waals surface area contributed by atoms with Crippen LogP contribution in [0.25, 0.3) is 0 Å². The van der Waals surface area contributed by atoms with Gasteiger partial charge in [-0.25, -0.2) is 0 Å². The van der Waals surface area contributed by atoms with Crippen molar-refractivity contribution in [3.05, 3.63) is 29.6 Å². The van der Waals surface area contributed by atoms with E-state index in [1.807, 2.05) is 25.1 Å². The summed E-state index contributed by atoms with van der Waals surface area (Å²) in [6.07, 6.45) is 0. The predicted octanol–water partition coefficient (Wildman–Crippen LogP) is 1.71. The second kappa shape index (κ2) is 6.89. The molecule has 0 atom stereocenters. The summed E-state index contributed by atoms with van der Waals surface area (Å²) < 4.78 is 0. The van der Waals surface area contributed by atoms with Crippen molar-refractivity contribution in [3.63, 3.8) is 0 Å². The molecule has 1 rings (SSSR count). The zero-order valence-electron chi connectivity index (χ0n) is 11.1. The monoisotopic (exact) mass is 234 g/mol. The summed E-state index contributed by atoms with van der Waals surface area (Å²) in [5.41, 5.74) is 2.06. The average Bonchev–Trinajstić information content (AvgIpc) is 2.29. The SMILES string of the molecule is CN=C(NCc1cccc(C)n1)NCC(C)C. The van der Waals surface area contributed by atoms with Gasteiger partial charge >= 0.3 is 0 Å². The van der Waals surface area contributed by atoms with Crippen molar-refractivity contribution < 1.29 is 0 Å². The van der Waals surface area contributed by atoms with Crippen LogP contribution in [-0.4, -0.2) is 24.5 Å². The maximum absolute atomic E-state index is 4.43. The molecule has 0 amide bonds. The van der Waals surface area contributed by atoms with Gasteiger partial charge < -0.3 is 10.6 Å². The molecule has 4 nitrogen and oxygen atoms in total. The molecule has 4 heteroatoms. The highest BCUT2D eigenvalue weighted by Gasteiger charge is 2.00. The highest BCUT2D eigenvalue weighted by molar-refractivity contribution is 5.79. The van der Waals surface area contributed by atoms with Crippen LogP contribution in [0.4, 0.5) is 0 Å². The Morgan fingerprint density at radius 1 is 1.35 bits per heavy atom. The highest BCUT2D eigenvalue weighted by Crippen LogP contribution is 1.97. The van der Waals surface area contributed by atoms with Crippen LogP contribution < -0.4 is 10.6 Å². The van der Waals surface area contributed by atoms with Crippen molar-refractivity contribution in [1.82, 2.24) is 15.6 Å². The predicted molar refractivity (Wildman–Crippen MR) is 72.0 cm³/mol. The first-order valence-corrected chi connectivity index (χ1v) is 5.99. The van der Waals surface area contributed by atoms with Crippen molar-refractivity contribution >= 4 is 5.96 Å². The molecule has 1 aromatic rings. The third-order valence-electron chi connectivity index (χ3n) is 2.28. The number of aliphatic imine (C=N–C) groups is 1. The first-order chi connectivity index (χ1) is 8.11. The zero-order valence-corrected chi connectivity index (χ0v) is 11.1. The Balaban J connectivity index is 2.43. The molecule has 94 valence electrons. The molecule has 1 aromatic heterocycles. The number of hydrogen-bond donors (Lipinski definition) is 2. The molecule has 0 aliphatic carbocycles. The molecule has 0 saturated heterocycles. The second-order valence-corrected chi connectivity index (χ2v) is 4.47. The van der Waals surface area contributed by atoms with Crippen LogP contribution in [0.3, 0.4) is 0 Å². The van der Waals surface area contributed by atoms with Crippen molar-refractivity contribution in [1.29, 1.82) is 0 Å². The maximum atomic E-state index is 4.43. The lowest BCUT2D eigenvalue weighted by Crippen LogP contribution is -2.38. The summed E-state index contributed by atoms with van der Waals surface area (Å²) >= 11 is 0. The minimum absolute atomic E-state index is 0.602. The van der Waals surface area contributed by atoms with Gasteiger partial charge in [0.05, 0.1) is 12.2 Å². The van der Waals surface area contributed by atoms with Crippen LogP contribution in [0.1, 0.15) is 25.2 Å². The highest BCUT2D eigenvalue weighted by atomic mass is 15.2. The molecule has 0 spiro atoms. The van der Waals surface area contributed by atoms with E-state index in [4.69, 9.17) is 0 Å². The maximum Gasteiger partial charge on any atom is 0.191 e. The minimum Gasteiger partial charge on any atom is -0.356 e. The summed E-state index contributed by atoms with van der Waals surface area (Å²) in [6.45, 7) is 7.94. The summed E-state index contributed by atoms with van der Waals surface area (Å²) in [5, 5.41) is 6.51. The van der Waals surface area contributed by atoms with E-state index in [1.165, 1.54) is 0 Å². The van der Waals surface area contributed by atoms with Gasteiger partial charge in [-0.3, -0.25) is 9.98 Å². The van der Waals surface area contributed by atoms with Crippen LogP contribution in [-0.2, 0) is 6.54 Å². The number of hydrogen-bond acceptors (Lipinski definition) is 2. The molecular formula is C13H22N4. The fourth-order valence-corrected chi connectivity index (χ4v) is 1.39. The van der Waals surface area contributed by atoms with Gasteiger partial charge in [-0.15, -0.1) is 0 Å². The lowest BCUT2D eigenvalue weighted by Gasteiger charge is -2.13. The van der Waals surface area contributed by atoms with E-state index < -0.39 is 0 Å². The Kier molecular flexibility index (Phi) is 5.46. The van der Waals surface area contributed by atoms with E-state index in [-0.39, 0.29) is 0 Å². The van der Waals surface area contributed by atoms with Crippen molar-refractivity contribution in [3.8, 4) is 0 Å². The van der Waals surface area contributed by atoms with E-state index in [0.29, 0.717) is 12.5 Å². The number of pyridine rings is 1. The standard InChI is InChI=1S/C13H22N4/c1-10(2)8-15-13(14-4)16-9-12-7-5-6-11(3)17-12/h5-7,10H,8-9H2,1-4H3,(H2,14,15,16). The molecule has 0 aliphatic rings. The van der Waals surface area contributed by atoms with Gasteiger partial charge in [0.2, 0.25) is 0 Å². The van der Waals surface area contributed by atoms with Gasteiger partial charge in [0.1, 0.15) is 0 Å². The molecular weight excluding hydrogens is 212 g/mol. The van der Waals surface area contributed by atoms with Gasteiger partial charge in [-0.2, -0.15) is 0 Å². The van der Waals surface area contributed by atoms with Crippen molar-refractivity contribution in [2.75, 3.05) is 13.6 Å². The number of aryl methyl sites for hydroxylation is 1. The summed E-state index contributed by atoms with van der Waals surface area (Å²) in [5.74, 6) is 1.42. The van der Waals surface area contributed by atoms with Crippen LogP contribution >= 0.6 is 0 Å². The quantitative estimate of drug-likeness (QED) is 0.616. The molecule has 0 saturated carbocycles. The normalized spacial score (nSPS) is 11.7. The average molecular weight is 234 g/mol. The number of guanidine groups is 1. The van der Waals surface area contributed by atoms with E-state index in [1.54, 1.807) is 7.05 Å². The fourth-order valence-electron chi connectivity index (χ4n) is 1.39. The Bertz CT molecular complexity index is 371. The molecule has 0 unspecified atom stereocenters. The summed E-state index contributed by atoms with van der Waals surface area (Å²) in [7, 11) is 1.78. The molecule has 17 heavy (non-hydrogen) atoms. The molecule has 0 bridgehead atoms.